The highest BCUT2D eigenvalue weighted by Crippen LogP contribution is 2.26. The summed E-state index contributed by atoms with van der Waals surface area (Å²) in [6.45, 7) is 8.01. The molecule has 0 bridgehead atoms. The summed E-state index contributed by atoms with van der Waals surface area (Å²) in [4.78, 5) is 2.45. The van der Waals surface area contributed by atoms with Gasteiger partial charge in [-0.05, 0) is 44.9 Å². The third-order valence-corrected chi connectivity index (χ3v) is 4.79. The predicted molar refractivity (Wildman–Crippen MR) is 82.7 cm³/mol. The molecule has 0 amide bonds. The minimum absolute atomic E-state index is 0.303. The van der Waals surface area contributed by atoms with Gasteiger partial charge in [0.1, 0.15) is 0 Å². The molecule has 1 aromatic carbocycles. The molecule has 4 unspecified atom stereocenters. The molecule has 1 aliphatic heterocycles. The SMILES string of the molecule is CC(NC1CC(C)N(C)CC1C)c1ccccc1Cl. The van der Waals surface area contributed by atoms with Gasteiger partial charge in [-0.3, -0.25) is 0 Å². The van der Waals surface area contributed by atoms with Gasteiger partial charge in [0.05, 0.1) is 0 Å². The molecule has 1 N–H and O–H groups in total. The van der Waals surface area contributed by atoms with Crippen LogP contribution < -0.4 is 5.32 Å². The van der Waals surface area contributed by atoms with Gasteiger partial charge in [-0.2, -0.15) is 0 Å². The average Bonchev–Trinajstić information content (AvgIpc) is 2.36. The number of nitrogens with one attached hydrogen (secondary N) is 1. The van der Waals surface area contributed by atoms with Gasteiger partial charge in [-0.15, -0.1) is 0 Å². The van der Waals surface area contributed by atoms with E-state index in [1.54, 1.807) is 0 Å². The first-order valence-electron chi connectivity index (χ1n) is 7.19. The normalized spacial score (nSPS) is 30.3. The van der Waals surface area contributed by atoms with E-state index in [0.717, 1.165) is 11.6 Å². The Morgan fingerprint density at radius 3 is 2.68 bits per heavy atom. The molecule has 1 fully saturated rings. The lowest BCUT2D eigenvalue weighted by molar-refractivity contribution is 0.116. The van der Waals surface area contributed by atoms with Crippen LogP contribution in [0.3, 0.4) is 0 Å². The molecule has 3 heteroatoms. The minimum atomic E-state index is 0.303. The van der Waals surface area contributed by atoms with Crippen LogP contribution in [-0.2, 0) is 0 Å². The predicted octanol–water partition coefficient (Wildman–Crippen LogP) is 3.72. The molecular weight excluding hydrogens is 256 g/mol. The van der Waals surface area contributed by atoms with Crippen LogP contribution in [0.25, 0.3) is 0 Å². The van der Waals surface area contributed by atoms with Crippen LogP contribution in [-0.4, -0.2) is 30.6 Å². The van der Waals surface area contributed by atoms with Gasteiger partial charge in [0.25, 0.3) is 0 Å². The van der Waals surface area contributed by atoms with E-state index < -0.39 is 0 Å². The van der Waals surface area contributed by atoms with E-state index in [9.17, 15) is 0 Å². The number of halogens is 1. The highest BCUT2D eigenvalue weighted by molar-refractivity contribution is 6.31. The van der Waals surface area contributed by atoms with Crippen LogP contribution in [0.4, 0.5) is 0 Å². The van der Waals surface area contributed by atoms with Crippen molar-refractivity contribution in [1.29, 1.82) is 0 Å². The number of nitrogens with zero attached hydrogens (tertiary/aromatic N) is 1. The van der Waals surface area contributed by atoms with Gasteiger partial charge >= 0.3 is 0 Å². The molecule has 0 radical (unpaired) electrons. The van der Waals surface area contributed by atoms with Crippen molar-refractivity contribution < 1.29 is 0 Å². The molecule has 1 aromatic rings. The van der Waals surface area contributed by atoms with Crippen molar-refractivity contribution in [3.8, 4) is 0 Å². The average molecular weight is 281 g/mol. The number of hydrogen-bond acceptors (Lipinski definition) is 2. The first kappa shape index (κ1) is 14.8. The van der Waals surface area contributed by atoms with Crippen LogP contribution in [0.15, 0.2) is 24.3 Å². The maximum atomic E-state index is 6.28. The molecule has 1 aliphatic rings. The van der Waals surface area contributed by atoms with Crippen molar-refractivity contribution in [3.63, 3.8) is 0 Å². The lowest BCUT2D eigenvalue weighted by atomic mass is 9.89. The van der Waals surface area contributed by atoms with Crippen LogP contribution in [0, 0.1) is 5.92 Å². The van der Waals surface area contributed by atoms with Crippen molar-refractivity contribution in [2.75, 3.05) is 13.6 Å². The lowest BCUT2D eigenvalue weighted by Crippen LogP contribution is -2.51. The Kier molecular flexibility index (Phi) is 4.88. The Bertz CT molecular complexity index is 421. The smallest absolute Gasteiger partial charge is 0.0453 e. The second-order valence-electron chi connectivity index (χ2n) is 6.02. The van der Waals surface area contributed by atoms with E-state index in [4.69, 9.17) is 11.6 Å². The van der Waals surface area contributed by atoms with Gasteiger partial charge in [0.2, 0.25) is 0 Å². The zero-order valence-corrected chi connectivity index (χ0v) is 13.1. The Balaban J connectivity index is 2.03. The second kappa shape index (κ2) is 6.25. The summed E-state index contributed by atoms with van der Waals surface area (Å²) in [7, 11) is 2.22. The summed E-state index contributed by atoms with van der Waals surface area (Å²) in [6, 6.07) is 9.64. The summed E-state index contributed by atoms with van der Waals surface area (Å²) >= 11 is 6.28. The fourth-order valence-corrected chi connectivity index (χ4v) is 3.31. The van der Waals surface area contributed by atoms with Gasteiger partial charge in [0, 0.05) is 29.7 Å². The standard InChI is InChI=1S/C16H25ClN2/c1-11-10-19(4)12(2)9-16(11)18-13(3)14-7-5-6-8-15(14)17/h5-8,11-13,16,18H,9-10H2,1-4H3. The van der Waals surface area contributed by atoms with E-state index in [1.807, 2.05) is 12.1 Å². The number of benzene rings is 1. The third kappa shape index (κ3) is 3.50. The van der Waals surface area contributed by atoms with Gasteiger partial charge < -0.3 is 10.2 Å². The van der Waals surface area contributed by atoms with E-state index in [1.165, 1.54) is 12.0 Å². The quantitative estimate of drug-likeness (QED) is 0.908. The summed E-state index contributed by atoms with van der Waals surface area (Å²) in [6.07, 6.45) is 1.20. The largest absolute Gasteiger partial charge is 0.307 e. The topological polar surface area (TPSA) is 15.3 Å². The first-order valence-corrected chi connectivity index (χ1v) is 7.57. The van der Waals surface area contributed by atoms with E-state index in [0.29, 0.717) is 24.0 Å². The fraction of sp³-hybridized carbons (Fsp3) is 0.625. The molecule has 106 valence electrons. The summed E-state index contributed by atoms with van der Waals surface area (Å²) in [5.74, 6) is 0.672. The van der Waals surface area contributed by atoms with E-state index >= 15 is 0 Å². The maximum Gasteiger partial charge on any atom is 0.0453 e. The summed E-state index contributed by atoms with van der Waals surface area (Å²) in [5.41, 5.74) is 1.20. The molecule has 4 atom stereocenters. The van der Waals surface area contributed by atoms with Crippen molar-refractivity contribution in [2.24, 2.45) is 5.92 Å². The number of piperidine rings is 1. The van der Waals surface area contributed by atoms with E-state index in [2.05, 4.69) is 50.2 Å². The van der Waals surface area contributed by atoms with Crippen LogP contribution >= 0.6 is 11.6 Å². The van der Waals surface area contributed by atoms with Crippen molar-refractivity contribution in [2.45, 2.75) is 45.3 Å². The van der Waals surface area contributed by atoms with E-state index in [-0.39, 0.29) is 0 Å². The lowest BCUT2D eigenvalue weighted by Gasteiger charge is -2.41. The zero-order chi connectivity index (χ0) is 14.0. The molecule has 19 heavy (non-hydrogen) atoms. The highest BCUT2D eigenvalue weighted by Gasteiger charge is 2.29. The summed E-state index contributed by atoms with van der Waals surface area (Å²) < 4.78 is 0. The monoisotopic (exact) mass is 280 g/mol. The Labute approximate surface area is 122 Å². The Hall–Kier alpha value is -0.570. The van der Waals surface area contributed by atoms with Crippen molar-refractivity contribution in [1.82, 2.24) is 10.2 Å². The van der Waals surface area contributed by atoms with Crippen molar-refractivity contribution in [3.05, 3.63) is 34.9 Å². The molecule has 2 rings (SSSR count). The fourth-order valence-electron chi connectivity index (χ4n) is 3.01. The molecule has 0 spiro atoms. The molecule has 1 saturated heterocycles. The molecule has 0 aromatic heterocycles. The highest BCUT2D eigenvalue weighted by atomic mass is 35.5. The molecule has 0 aliphatic carbocycles. The maximum absolute atomic E-state index is 6.28. The van der Waals surface area contributed by atoms with Crippen molar-refractivity contribution >= 4 is 11.6 Å². The van der Waals surface area contributed by atoms with Crippen LogP contribution in [0.2, 0.25) is 5.02 Å². The van der Waals surface area contributed by atoms with Gasteiger partial charge in [-0.1, -0.05) is 36.7 Å². The second-order valence-corrected chi connectivity index (χ2v) is 6.43. The first-order chi connectivity index (χ1) is 8.99. The van der Waals surface area contributed by atoms with Crippen LogP contribution in [0.1, 0.15) is 38.8 Å². The molecule has 0 saturated carbocycles. The van der Waals surface area contributed by atoms with Gasteiger partial charge in [-0.25, -0.2) is 0 Å². The molecular formula is C16H25ClN2. The molecule has 1 heterocycles. The zero-order valence-electron chi connectivity index (χ0n) is 12.4. The Morgan fingerprint density at radius 2 is 2.00 bits per heavy atom. The third-order valence-electron chi connectivity index (χ3n) is 4.45. The molecule has 2 nitrogen and oxygen atoms in total. The number of rotatable bonds is 3. The summed E-state index contributed by atoms with van der Waals surface area (Å²) in [5, 5.41) is 4.62. The number of likely N-dealkylation sites (tertiary alicyclic amines) is 1. The number of hydrogen-bond donors (Lipinski definition) is 1. The Morgan fingerprint density at radius 1 is 1.32 bits per heavy atom. The minimum Gasteiger partial charge on any atom is -0.307 e. The van der Waals surface area contributed by atoms with Gasteiger partial charge in [0.15, 0.2) is 0 Å². The van der Waals surface area contributed by atoms with Crippen LogP contribution in [0.5, 0.6) is 0 Å².